The summed E-state index contributed by atoms with van der Waals surface area (Å²) in [6.45, 7) is 7.14. The molecule has 1 aliphatic rings. The van der Waals surface area contributed by atoms with Crippen molar-refractivity contribution in [2.24, 2.45) is 0 Å². The predicted octanol–water partition coefficient (Wildman–Crippen LogP) is 2.42. The number of benzene rings is 1. The lowest BCUT2D eigenvalue weighted by Gasteiger charge is -2.33. The number of hydrogen-bond acceptors (Lipinski definition) is 2. The van der Waals surface area contributed by atoms with Crippen molar-refractivity contribution < 1.29 is 4.21 Å². The molecular formula is C14H21NOS. The quantitative estimate of drug-likeness (QED) is 0.874. The maximum atomic E-state index is 12.1. The molecule has 2 nitrogen and oxygen atoms in total. The minimum absolute atomic E-state index is 0.186. The first-order chi connectivity index (χ1) is 8.13. The van der Waals surface area contributed by atoms with E-state index in [0.717, 1.165) is 13.0 Å². The summed E-state index contributed by atoms with van der Waals surface area (Å²) in [5.74, 6) is 0. The zero-order valence-corrected chi connectivity index (χ0v) is 11.6. The first kappa shape index (κ1) is 12.8. The van der Waals surface area contributed by atoms with Crippen LogP contribution in [0.15, 0.2) is 24.3 Å². The molecule has 1 aromatic rings. The van der Waals surface area contributed by atoms with E-state index in [-0.39, 0.29) is 16.5 Å². The fourth-order valence-electron chi connectivity index (χ4n) is 2.39. The van der Waals surface area contributed by atoms with Crippen molar-refractivity contribution in [1.29, 1.82) is 0 Å². The first-order valence-corrected chi connectivity index (χ1v) is 7.62. The summed E-state index contributed by atoms with van der Waals surface area (Å²) >= 11 is 0. The van der Waals surface area contributed by atoms with Gasteiger partial charge in [-0.15, -0.1) is 0 Å². The van der Waals surface area contributed by atoms with Gasteiger partial charge in [0.1, 0.15) is 0 Å². The lowest BCUT2D eigenvalue weighted by molar-refractivity contribution is 0.489. The van der Waals surface area contributed by atoms with Crippen LogP contribution in [0.25, 0.3) is 0 Å². The van der Waals surface area contributed by atoms with Gasteiger partial charge in [0.25, 0.3) is 0 Å². The van der Waals surface area contributed by atoms with Gasteiger partial charge in [0, 0.05) is 28.6 Å². The molecule has 4 unspecified atom stereocenters. The minimum Gasteiger partial charge on any atom is -0.308 e. The highest BCUT2D eigenvalue weighted by atomic mass is 32.2. The van der Waals surface area contributed by atoms with Crippen molar-refractivity contribution in [2.75, 3.05) is 6.54 Å². The smallest absolute Gasteiger partial charge is 0.0517 e. The van der Waals surface area contributed by atoms with Gasteiger partial charge in [-0.3, -0.25) is 4.21 Å². The van der Waals surface area contributed by atoms with E-state index < -0.39 is 10.8 Å². The maximum absolute atomic E-state index is 12.1. The molecule has 17 heavy (non-hydrogen) atoms. The van der Waals surface area contributed by atoms with Crippen LogP contribution in [0.2, 0.25) is 0 Å². The summed E-state index contributed by atoms with van der Waals surface area (Å²) in [6, 6.07) is 8.91. The van der Waals surface area contributed by atoms with Crippen LogP contribution < -0.4 is 5.32 Å². The second-order valence-corrected chi connectivity index (χ2v) is 7.03. The second kappa shape index (κ2) is 5.32. The number of hydrogen-bond donors (Lipinski definition) is 1. The molecule has 0 aromatic heterocycles. The lowest BCUT2D eigenvalue weighted by Crippen LogP contribution is -2.46. The molecule has 4 atom stereocenters. The van der Waals surface area contributed by atoms with Crippen LogP contribution in [0.3, 0.4) is 0 Å². The van der Waals surface area contributed by atoms with Crippen LogP contribution in [-0.4, -0.2) is 21.3 Å². The van der Waals surface area contributed by atoms with Crippen LogP contribution in [0.5, 0.6) is 0 Å². The van der Waals surface area contributed by atoms with Crippen molar-refractivity contribution in [3.63, 3.8) is 0 Å². The van der Waals surface area contributed by atoms with Crippen molar-refractivity contribution in [3.05, 3.63) is 35.4 Å². The molecule has 1 aromatic carbocycles. The highest BCUT2D eigenvalue weighted by Crippen LogP contribution is 2.26. The van der Waals surface area contributed by atoms with Gasteiger partial charge < -0.3 is 5.32 Å². The molecule has 1 fully saturated rings. The van der Waals surface area contributed by atoms with Gasteiger partial charge in [0.15, 0.2) is 0 Å². The molecule has 0 aliphatic carbocycles. The molecule has 1 N–H and O–H groups in total. The molecule has 3 heteroatoms. The Labute approximate surface area is 106 Å². The van der Waals surface area contributed by atoms with E-state index in [4.69, 9.17) is 0 Å². The number of aryl methyl sites for hydroxylation is 1. The third-order valence-electron chi connectivity index (χ3n) is 3.60. The summed E-state index contributed by atoms with van der Waals surface area (Å²) in [4.78, 5) is 0. The van der Waals surface area contributed by atoms with Crippen molar-refractivity contribution in [1.82, 2.24) is 5.32 Å². The average molecular weight is 251 g/mol. The Balaban J connectivity index is 2.18. The molecule has 2 rings (SSSR count). The molecular weight excluding hydrogens is 230 g/mol. The Morgan fingerprint density at radius 2 is 1.94 bits per heavy atom. The van der Waals surface area contributed by atoms with Gasteiger partial charge in [-0.1, -0.05) is 31.2 Å². The van der Waals surface area contributed by atoms with Crippen LogP contribution in [0.4, 0.5) is 0 Å². The van der Waals surface area contributed by atoms with Crippen molar-refractivity contribution in [3.8, 4) is 0 Å². The van der Waals surface area contributed by atoms with Gasteiger partial charge in [0.2, 0.25) is 0 Å². The molecule has 0 amide bonds. The molecule has 0 radical (unpaired) electrons. The largest absolute Gasteiger partial charge is 0.308 e. The van der Waals surface area contributed by atoms with E-state index in [0.29, 0.717) is 0 Å². The number of rotatable bonds is 2. The summed E-state index contributed by atoms with van der Waals surface area (Å²) in [5.41, 5.74) is 2.61. The monoisotopic (exact) mass is 251 g/mol. The Bertz CT molecular complexity index is 401. The predicted molar refractivity (Wildman–Crippen MR) is 73.6 cm³/mol. The summed E-state index contributed by atoms with van der Waals surface area (Å²) in [7, 11) is -0.730. The van der Waals surface area contributed by atoms with E-state index in [9.17, 15) is 4.21 Å². The van der Waals surface area contributed by atoms with E-state index in [2.05, 4.69) is 50.4 Å². The SMILES string of the molecule is CCc1ccc(C2NCC(C)S(=O)C2C)cc1. The zero-order chi connectivity index (χ0) is 12.4. The highest BCUT2D eigenvalue weighted by Gasteiger charge is 2.32. The van der Waals surface area contributed by atoms with Gasteiger partial charge in [-0.05, 0) is 31.4 Å². The lowest BCUT2D eigenvalue weighted by atomic mass is 10.0. The molecule has 1 aliphatic heterocycles. The molecule has 1 saturated heterocycles. The van der Waals surface area contributed by atoms with Crippen LogP contribution in [0.1, 0.15) is 37.9 Å². The van der Waals surface area contributed by atoms with Crippen molar-refractivity contribution in [2.45, 2.75) is 43.7 Å². The molecule has 1 heterocycles. The maximum Gasteiger partial charge on any atom is 0.0517 e. The van der Waals surface area contributed by atoms with Crippen LogP contribution in [-0.2, 0) is 17.2 Å². The summed E-state index contributed by atoms with van der Waals surface area (Å²) < 4.78 is 12.1. The van der Waals surface area contributed by atoms with Crippen LogP contribution in [0, 0.1) is 0 Å². The Kier molecular flexibility index (Phi) is 4.00. The summed E-state index contributed by atoms with van der Waals surface area (Å²) in [5, 5.41) is 3.96. The standard InChI is InChI=1S/C14H21NOS/c1-4-12-5-7-13(8-6-12)14-11(3)17(16)10(2)9-15-14/h5-8,10-11,14-15H,4,9H2,1-3H3. The Hall–Kier alpha value is -0.670. The third-order valence-corrected chi connectivity index (χ3v) is 5.57. The Morgan fingerprint density at radius 1 is 1.29 bits per heavy atom. The fourth-order valence-corrected chi connectivity index (χ4v) is 3.91. The topological polar surface area (TPSA) is 29.1 Å². The zero-order valence-electron chi connectivity index (χ0n) is 10.8. The van der Waals surface area contributed by atoms with E-state index in [1.165, 1.54) is 11.1 Å². The normalized spacial score (nSPS) is 33.6. The molecule has 0 saturated carbocycles. The average Bonchev–Trinajstić information content (AvgIpc) is 2.36. The van der Waals surface area contributed by atoms with Crippen molar-refractivity contribution >= 4 is 10.8 Å². The van der Waals surface area contributed by atoms with Gasteiger partial charge in [-0.25, -0.2) is 0 Å². The van der Waals surface area contributed by atoms with E-state index in [1.54, 1.807) is 0 Å². The Morgan fingerprint density at radius 3 is 2.53 bits per heavy atom. The number of nitrogens with one attached hydrogen (secondary N) is 1. The fraction of sp³-hybridized carbons (Fsp3) is 0.571. The van der Waals surface area contributed by atoms with Gasteiger partial charge in [-0.2, -0.15) is 0 Å². The molecule has 94 valence electrons. The van der Waals surface area contributed by atoms with Crippen LogP contribution >= 0.6 is 0 Å². The van der Waals surface area contributed by atoms with Gasteiger partial charge >= 0.3 is 0 Å². The second-order valence-electron chi connectivity index (χ2n) is 4.83. The first-order valence-electron chi connectivity index (χ1n) is 6.35. The molecule has 0 bridgehead atoms. The highest BCUT2D eigenvalue weighted by molar-refractivity contribution is 7.86. The minimum atomic E-state index is -0.730. The van der Waals surface area contributed by atoms with E-state index >= 15 is 0 Å². The molecule has 0 spiro atoms. The van der Waals surface area contributed by atoms with Gasteiger partial charge in [0.05, 0.1) is 5.25 Å². The third kappa shape index (κ3) is 2.61. The van der Waals surface area contributed by atoms with E-state index in [1.807, 2.05) is 0 Å². The summed E-state index contributed by atoms with van der Waals surface area (Å²) in [6.07, 6.45) is 1.07.